The van der Waals surface area contributed by atoms with E-state index in [2.05, 4.69) is 10.2 Å². The molecular formula is C16H24N2O3. The molecule has 1 aromatic rings. The number of aliphatic hydroxyl groups is 1. The van der Waals surface area contributed by atoms with Crippen molar-refractivity contribution < 1.29 is 14.6 Å². The van der Waals surface area contributed by atoms with Crippen molar-refractivity contribution in [2.75, 3.05) is 38.2 Å². The zero-order chi connectivity index (χ0) is 15.1. The molecule has 0 saturated carbocycles. The van der Waals surface area contributed by atoms with E-state index < -0.39 is 0 Å². The van der Waals surface area contributed by atoms with Crippen molar-refractivity contribution in [3.05, 3.63) is 24.3 Å². The molecule has 0 bridgehead atoms. The summed E-state index contributed by atoms with van der Waals surface area (Å²) in [5.41, 5.74) is 0.721. The quantitative estimate of drug-likeness (QED) is 0.803. The van der Waals surface area contributed by atoms with E-state index in [0.717, 1.165) is 31.7 Å². The molecule has 1 heterocycles. The highest BCUT2D eigenvalue weighted by Crippen LogP contribution is 2.24. The van der Waals surface area contributed by atoms with Crippen LogP contribution in [-0.2, 0) is 4.79 Å². The highest BCUT2D eigenvalue weighted by atomic mass is 16.5. The lowest BCUT2D eigenvalue weighted by Crippen LogP contribution is -2.26. The summed E-state index contributed by atoms with van der Waals surface area (Å²) < 4.78 is 5.49. The van der Waals surface area contributed by atoms with Gasteiger partial charge in [-0.2, -0.15) is 0 Å². The van der Waals surface area contributed by atoms with Crippen molar-refractivity contribution in [1.82, 2.24) is 4.90 Å². The molecular weight excluding hydrogens is 268 g/mol. The minimum Gasteiger partial charge on any atom is -0.492 e. The number of para-hydroxylation sites is 2. The Morgan fingerprint density at radius 3 is 3.00 bits per heavy atom. The first-order valence-electron chi connectivity index (χ1n) is 7.57. The number of nitrogens with zero attached hydrogens (tertiary/aromatic N) is 1. The van der Waals surface area contributed by atoms with E-state index in [1.807, 2.05) is 31.2 Å². The van der Waals surface area contributed by atoms with Gasteiger partial charge in [-0.1, -0.05) is 12.1 Å². The SMILES string of the molecule is CCOc1ccccc1NC(=O)CCN1CCC(CO)C1. The third kappa shape index (κ3) is 4.72. The van der Waals surface area contributed by atoms with Gasteiger partial charge in [0.25, 0.3) is 0 Å². The Bertz CT molecular complexity index is 465. The maximum absolute atomic E-state index is 12.0. The predicted molar refractivity (Wildman–Crippen MR) is 82.5 cm³/mol. The molecule has 5 heteroatoms. The molecule has 1 amide bonds. The Morgan fingerprint density at radius 1 is 1.48 bits per heavy atom. The van der Waals surface area contributed by atoms with Crippen LogP contribution in [0.1, 0.15) is 19.8 Å². The minimum atomic E-state index is -0.00500. The summed E-state index contributed by atoms with van der Waals surface area (Å²) in [6.45, 7) is 5.32. The van der Waals surface area contributed by atoms with Gasteiger partial charge >= 0.3 is 0 Å². The standard InChI is InChI=1S/C16H24N2O3/c1-2-21-15-6-4-3-5-14(15)17-16(20)8-10-18-9-7-13(11-18)12-19/h3-6,13,19H,2,7-12H2,1H3,(H,17,20). The van der Waals surface area contributed by atoms with E-state index >= 15 is 0 Å². The van der Waals surface area contributed by atoms with Gasteiger partial charge in [-0.25, -0.2) is 0 Å². The lowest BCUT2D eigenvalue weighted by atomic mass is 10.1. The minimum absolute atomic E-state index is 0.00500. The maximum atomic E-state index is 12.0. The number of carbonyl (C=O) groups is 1. The molecule has 1 fully saturated rings. The van der Waals surface area contributed by atoms with Crippen LogP contribution in [0.4, 0.5) is 5.69 Å². The third-order valence-electron chi connectivity index (χ3n) is 3.74. The van der Waals surface area contributed by atoms with Crippen LogP contribution < -0.4 is 10.1 Å². The largest absolute Gasteiger partial charge is 0.492 e. The summed E-state index contributed by atoms with van der Waals surface area (Å²) in [7, 11) is 0. The van der Waals surface area contributed by atoms with Gasteiger partial charge in [0.2, 0.25) is 5.91 Å². The van der Waals surface area contributed by atoms with Crippen LogP contribution in [0.3, 0.4) is 0 Å². The molecule has 0 radical (unpaired) electrons. The summed E-state index contributed by atoms with van der Waals surface area (Å²) in [5, 5.41) is 12.0. The van der Waals surface area contributed by atoms with Crippen molar-refractivity contribution in [1.29, 1.82) is 0 Å². The Morgan fingerprint density at radius 2 is 2.29 bits per heavy atom. The number of benzene rings is 1. The maximum Gasteiger partial charge on any atom is 0.225 e. The van der Waals surface area contributed by atoms with Gasteiger partial charge in [0.1, 0.15) is 5.75 Å². The van der Waals surface area contributed by atoms with Gasteiger partial charge < -0.3 is 20.1 Å². The second-order valence-corrected chi connectivity index (χ2v) is 5.37. The number of aliphatic hydroxyl groups excluding tert-OH is 1. The molecule has 116 valence electrons. The molecule has 2 rings (SSSR count). The van der Waals surface area contributed by atoms with Crippen molar-refractivity contribution in [3.8, 4) is 5.75 Å². The fraction of sp³-hybridized carbons (Fsp3) is 0.562. The van der Waals surface area contributed by atoms with Crippen LogP contribution in [0, 0.1) is 5.92 Å². The van der Waals surface area contributed by atoms with Crippen LogP contribution >= 0.6 is 0 Å². The van der Waals surface area contributed by atoms with Gasteiger partial charge in [-0.05, 0) is 37.9 Å². The molecule has 1 saturated heterocycles. The number of likely N-dealkylation sites (tertiary alicyclic amines) is 1. The molecule has 1 aliphatic heterocycles. The fourth-order valence-electron chi connectivity index (χ4n) is 2.59. The Labute approximate surface area is 125 Å². The second kappa shape index (κ2) is 8.00. The first-order valence-corrected chi connectivity index (χ1v) is 7.57. The number of carbonyl (C=O) groups excluding carboxylic acids is 1. The van der Waals surface area contributed by atoms with Crippen molar-refractivity contribution in [2.45, 2.75) is 19.8 Å². The van der Waals surface area contributed by atoms with Crippen LogP contribution in [0.5, 0.6) is 5.75 Å². The Hall–Kier alpha value is -1.59. The van der Waals surface area contributed by atoms with Crippen LogP contribution in [-0.4, -0.2) is 48.8 Å². The summed E-state index contributed by atoms with van der Waals surface area (Å²) in [5.74, 6) is 1.07. The number of hydrogen-bond donors (Lipinski definition) is 2. The van der Waals surface area contributed by atoms with Gasteiger partial charge in [0, 0.05) is 26.1 Å². The monoisotopic (exact) mass is 292 g/mol. The predicted octanol–water partition coefficient (Wildman–Crippen LogP) is 1.73. The molecule has 21 heavy (non-hydrogen) atoms. The van der Waals surface area contributed by atoms with E-state index in [4.69, 9.17) is 9.84 Å². The number of amides is 1. The smallest absolute Gasteiger partial charge is 0.225 e. The normalized spacial score (nSPS) is 18.7. The Kier molecular flexibility index (Phi) is 6.02. The zero-order valence-corrected chi connectivity index (χ0v) is 12.5. The fourth-order valence-corrected chi connectivity index (χ4v) is 2.59. The zero-order valence-electron chi connectivity index (χ0n) is 12.5. The first-order chi connectivity index (χ1) is 10.2. The molecule has 5 nitrogen and oxygen atoms in total. The van der Waals surface area contributed by atoms with Crippen LogP contribution in [0.2, 0.25) is 0 Å². The summed E-state index contributed by atoms with van der Waals surface area (Å²) in [4.78, 5) is 14.3. The van der Waals surface area contributed by atoms with E-state index in [-0.39, 0.29) is 12.5 Å². The summed E-state index contributed by atoms with van der Waals surface area (Å²) in [6.07, 6.45) is 1.48. The molecule has 1 aromatic carbocycles. The number of ether oxygens (including phenoxy) is 1. The average Bonchev–Trinajstić information content (AvgIpc) is 2.95. The summed E-state index contributed by atoms with van der Waals surface area (Å²) in [6, 6.07) is 7.47. The second-order valence-electron chi connectivity index (χ2n) is 5.37. The lowest BCUT2D eigenvalue weighted by Gasteiger charge is -2.16. The van der Waals surface area contributed by atoms with Gasteiger partial charge in [-0.15, -0.1) is 0 Å². The van der Waals surface area contributed by atoms with E-state index in [1.54, 1.807) is 0 Å². The molecule has 0 aromatic heterocycles. The third-order valence-corrected chi connectivity index (χ3v) is 3.74. The van der Waals surface area contributed by atoms with E-state index in [9.17, 15) is 4.79 Å². The molecule has 0 spiro atoms. The van der Waals surface area contributed by atoms with Crippen molar-refractivity contribution >= 4 is 11.6 Å². The topological polar surface area (TPSA) is 61.8 Å². The van der Waals surface area contributed by atoms with E-state index in [0.29, 0.717) is 24.7 Å². The van der Waals surface area contributed by atoms with Crippen molar-refractivity contribution in [3.63, 3.8) is 0 Å². The average molecular weight is 292 g/mol. The van der Waals surface area contributed by atoms with Gasteiger partial charge in [0.15, 0.2) is 0 Å². The Balaban J connectivity index is 1.79. The first kappa shape index (κ1) is 15.8. The van der Waals surface area contributed by atoms with Gasteiger partial charge in [0.05, 0.1) is 12.3 Å². The van der Waals surface area contributed by atoms with Crippen molar-refractivity contribution in [2.24, 2.45) is 5.92 Å². The number of rotatable bonds is 7. The van der Waals surface area contributed by atoms with E-state index in [1.165, 1.54) is 0 Å². The molecule has 1 atom stereocenters. The highest BCUT2D eigenvalue weighted by Gasteiger charge is 2.21. The number of hydrogen-bond acceptors (Lipinski definition) is 4. The number of nitrogens with one attached hydrogen (secondary N) is 1. The number of anilines is 1. The lowest BCUT2D eigenvalue weighted by molar-refractivity contribution is -0.116. The van der Waals surface area contributed by atoms with Crippen LogP contribution in [0.15, 0.2) is 24.3 Å². The summed E-state index contributed by atoms with van der Waals surface area (Å²) >= 11 is 0. The molecule has 2 N–H and O–H groups in total. The molecule has 1 aliphatic rings. The van der Waals surface area contributed by atoms with Gasteiger partial charge in [-0.3, -0.25) is 4.79 Å². The van der Waals surface area contributed by atoms with Crippen LogP contribution in [0.25, 0.3) is 0 Å². The highest BCUT2D eigenvalue weighted by molar-refractivity contribution is 5.92. The molecule has 1 unspecified atom stereocenters. The molecule has 0 aliphatic carbocycles.